The molecule has 1 saturated heterocycles. The first-order chi connectivity index (χ1) is 12.4. The number of amides is 2. The number of thioether (sulfide) groups is 1. The number of carbonyl (C=O) groups is 3. The lowest BCUT2D eigenvalue weighted by Gasteiger charge is -2.49. The van der Waals surface area contributed by atoms with Gasteiger partial charge in [0.2, 0.25) is 0 Å². The highest BCUT2D eigenvalue weighted by Crippen LogP contribution is 2.40. The number of allylic oxidation sites excluding steroid dienone is 1. The normalized spacial score (nSPS) is 22.5. The topological polar surface area (TPSA) is 158 Å². The Morgan fingerprint density at radius 2 is 2.27 bits per heavy atom. The zero-order valence-electron chi connectivity index (χ0n) is 13.1. The number of carboxylic acids is 1. The molecule has 0 bridgehead atoms. The van der Waals surface area contributed by atoms with Gasteiger partial charge in [-0.3, -0.25) is 14.5 Å². The van der Waals surface area contributed by atoms with Gasteiger partial charge in [-0.25, -0.2) is 9.78 Å². The van der Waals surface area contributed by atoms with Crippen LogP contribution in [0.15, 0.2) is 34.5 Å². The van der Waals surface area contributed by atoms with E-state index in [-0.39, 0.29) is 22.2 Å². The summed E-state index contributed by atoms with van der Waals surface area (Å²) in [6, 6.07) is -0.944. The summed E-state index contributed by atoms with van der Waals surface area (Å²) in [7, 11) is 0. The third-order valence-electron chi connectivity index (χ3n) is 3.81. The molecule has 3 heterocycles. The molecule has 5 N–H and O–H groups in total. The van der Waals surface area contributed by atoms with Crippen LogP contribution in [0, 0.1) is 0 Å². The summed E-state index contributed by atoms with van der Waals surface area (Å²) >= 11 is 2.37. The molecule has 2 aliphatic rings. The van der Waals surface area contributed by atoms with Crippen molar-refractivity contribution in [2.45, 2.75) is 11.4 Å². The lowest BCUT2D eigenvalue weighted by Crippen LogP contribution is -2.71. The van der Waals surface area contributed by atoms with Crippen LogP contribution in [0.2, 0.25) is 0 Å². The number of carbonyl (C=O) groups excluding carboxylic acids is 2. The molecule has 1 aromatic heterocycles. The molecule has 1 aromatic rings. The van der Waals surface area contributed by atoms with E-state index in [2.05, 4.69) is 22.0 Å². The van der Waals surface area contributed by atoms with Crippen molar-refractivity contribution >= 4 is 51.7 Å². The predicted molar refractivity (Wildman–Crippen MR) is 94.7 cm³/mol. The largest absolute Gasteiger partial charge is 0.477 e. The van der Waals surface area contributed by atoms with Gasteiger partial charge in [0, 0.05) is 11.1 Å². The number of nitrogens with one attached hydrogen (secondary N) is 1. The SMILES string of the molecule is C=CC1=C(C(=O)O)N2C(=O)[C@H](NC(=O)/C(=N/O)c3csc(N)n3)[C@@H]2SC1. The summed E-state index contributed by atoms with van der Waals surface area (Å²) in [6.07, 6.45) is 1.40. The molecule has 10 nitrogen and oxygen atoms in total. The summed E-state index contributed by atoms with van der Waals surface area (Å²) in [5.74, 6) is -2.27. The van der Waals surface area contributed by atoms with E-state index in [9.17, 15) is 19.5 Å². The number of anilines is 1. The molecule has 0 aromatic carbocycles. The number of rotatable bonds is 5. The first-order valence-electron chi connectivity index (χ1n) is 7.16. The summed E-state index contributed by atoms with van der Waals surface area (Å²) in [5, 5.41) is 24.9. The molecule has 0 unspecified atom stereocenters. The first-order valence-corrected chi connectivity index (χ1v) is 9.09. The Labute approximate surface area is 155 Å². The quantitative estimate of drug-likeness (QED) is 0.231. The van der Waals surface area contributed by atoms with Gasteiger partial charge < -0.3 is 21.4 Å². The number of aliphatic carboxylic acids is 1. The Balaban J connectivity index is 1.78. The highest BCUT2D eigenvalue weighted by atomic mass is 32.2. The number of carboxylic acid groups (broad SMARTS) is 1. The van der Waals surface area contributed by atoms with E-state index >= 15 is 0 Å². The molecule has 2 amide bonds. The van der Waals surface area contributed by atoms with Gasteiger partial charge in [0.15, 0.2) is 10.8 Å². The van der Waals surface area contributed by atoms with Gasteiger partial charge in [-0.2, -0.15) is 0 Å². The van der Waals surface area contributed by atoms with E-state index in [1.54, 1.807) is 0 Å². The smallest absolute Gasteiger partial charge is 0.352 e. The summed E-state index contributed by atoms with van der Waals surface area (Å²) < 4.78 is 0. The van der Waals surface area contributed by atoms with E-state index in [4.69, 9.17) is 10.9 Å². The number of nitrogen functional groups attached to an aromatic ring is 1. The fourth-order valence-corrected chi connectivity index (χ4v) is 4.51. The van der Waals surface area contributed by atoms with Gasteiger partial charge in [-0.05, 0) is 5.57 Å². The molecule has 0 aliphatic carbocycles. The molecule has 2 aliphatic heterocycles. The molecule has 0 saturated carbocycles. The summed E-state index contributed by atoms with van der Waals surface area (Å²) in [4.78, 5) is 41.2. The van der Waals surface area contributed by atoms with Crippen molar-refractivity contribution < 1.29 is 24.7 Å². The van der Waals surface area contributed by atoms with Gasteiger partial charge >= 0.3 is 5.97 Å². The van der Waals surface area contributed by atoms with Crippen molar-refractivity contribution in [2.75, 3.05) is 11.5 Å². The molecule has 3 rings (SSSR count). The Morgan fingerprint density at radius 3 is 2.81 bits per heavy atom. The standard InChI is InChI=1S/C14H13N5O5S2/c1-2-5-3-25-12-8(11(21)19(12)9(5)13(22)23)17-10(20)7(18-24)6-4-26-14(15)16-6/h2,4,8,12,24H,1,3H2,(H2,15,16)(H,17,20)(H,22,23)/b18-7+/t8-,12-/m0/s1. The second kappa shape index (κ2) is 6.80. The third kappa shape index (κ3) is 2.82. The van der Waals surface area contributed by atoms with Crippen LogP contribution in [0.5, 0.6) is 0 Å². The Hall–Kier alpha value is -2.86. The molecule has 26 heavy (non-hydrogen) atoms. The number of oxime groups is 1. The van der Waals surface area contributed by atoms with Gasteiger partial charge in [0.25, 0.3) is 11.8 Å². The number of nitrogens with two attached hydrogens (primary N) is 1. The van der Waals surface area contributed by atoms with Crippen LogP contribution >= 0.6 is 23.1 Å². The second-order valence-corrected chi connectivity index (χ2v) is 7.26. The average molecular weight is 395 g/mol. The van der Waals surface area contributed by atoms with Crippen LogP contribution in [0.3, 0.4) is 0 Å². The molecular weight excluding hydrogens is 382 g/mol. The van der Waals surface area contributed by atoms with Gasteiger partial charge in [0.05, 0.1) is 0 Å². The number of β-lactam (4-membered cyclic amide) rings is 1. The summed E-state index contributed by atoms with van der Waals surface area (Å²) in [5.41, 5.74) is 5.49. The van der Waals surface area contributed by atoms with Gasteiger partial charge in [-0.15, -0.1) is 23.1 Å². The van der Waals surface area contributed by atoms with Gasteiger partial charge in [-0.1, -0.05) is 17.8 Å². The van der Waals surface area contributed by atoms with Crippen molar-refractivity contribution in [3.8, 4) is 0 Å². The van der Waals surface area contributed by atoms with E-state index in [1.807, 2.05) is 0 Å². The molecular formula is C14H13N5O5S2. The third-order valence-corrected chi connectivity index (χ3v) is 5.79. The fraction of sp³-hybridized carbons (Fsp3) is 0.214. The molecule has 0 radical (unpaired) electrons. The Morgan fingerprint density at radius 1 is 1.54 bits per heavy atom. The van der Waals surface area contributed by atoms with Crippen LogP contribution in [-0.4, -0.2) is 60.9 Å². The molecule has 1 fully saturated rings. The van der Waals surface area contributed by atoms with E-state index in [0.717, 1.165) is 16.2 Å². The number of thiazole rings is 1. The van der Waals surface area contributed by atoms with Crippen molar-refractivity contribution in [3.05, 3.63) is 35.0 Å². The van der Waals surface area contributed by atoms with Crippen molar-refractivity contribution in [1.82, 2.24) is 15.2 Å². The predicted octanol–water partition coefficient (Wildman–Crippen LogP) is -0.172. The van der Waals surface area contributed by atoms with Crippen LogP contribution < -0.4 is 11.1 Å². The number of hydrogen-bond acceptors (Lipinski definition) is 9. The molecule has 136 valence electrons. The number of fused-ring (bicyclic) bond motifs is 1. The molecule has 2 atom stereocenters. The van der Waals surface area contributed by atoms with E-state index in [0.29, 0.717) is 11.3 Å². The minimum absolute atomic E-state index is 0.0764. The number of aromatic nitrogens is 1. The van der Waals surface area contributed by atoms with Crippen LogP contribution in [0.4, 0.5) is 5.13 Å². The highest BCUT2D eigenvalue weighted by molar-refractivity contribution is 8.00. The average Bonchev–Trinajstić information content (AvgIpc) is 3.04. The fourth-order valence-electron chi connectivity index (χ4n) is 2.62. The molecule has 0 spiro atoms. The lowest BCUT2D eigenvalue weighted by molar-refractivity contribution is -0.150. The zero-order chi connectivity index (χ0) is 19.0. The number of nitrogens with zero attached hydrogens (tertiary/aromatic N) is 3. The lowest BCUT2D eigenvalue weighted by atomic mass is 10.0. The van der Waals surface area contributed by atoms with E-state index < -0.39 is 29.2 Å². The van der Waals surface area contributed by atoms with Crippen molar-refractivity contribution in [2.24, 2.45) is 5.16 Å². The monoisotopic (exact) mass is 395 g/mol. The maximum atomic E-state index is 12.4. The van der Waals surface area contributed by atoms with Crippen molar-refractivity contribution in [1.29, 1.82) is 0 Å². The zero-order valence-corrected chi connectivity index (χ0v) is 14.7. The number of hydrogen-bond donors (Lipinski definition) is 4. The Bertz CT molecular complexity index is 877. The minimum atomic E-state index is -1.24. The summed E-state index contributed by atoms with van der Waals surface area (Å²) in [6.45, 7) is 3.56. The van der Waals surface area contributed by atoms with Crippen molar-refractivity contribution in [3.63, 3.8) is 0 Å². The molecule has 12 heteroatoms. The first kappa shape index (κ1) is 17.9. The highest BCUT2D eigenvalue weighted by Gasteiger charge is 2.54. The maximum absolute atomic E-state index is 12.4. The van der Waals surface area contributed by atoms with Crippen LogP contribution in [0.1, 0.15) is 5.69 Å². The minimum Gasteiger partial charge on any atom is -0.477 e. The maximum Gasteiger partial charge on any atom is 0.352 e. The van der Waals surface area contributed by atoms with Crippen LogP contribution in [-0.2, 0) is 14.4 Å². The van der Waals surface area contributed by atoms with Crippen LogP contribution in [0.25, 0.3) is 0 Å². The second-order valence-electron chi connectivity index (χ2n) is 5.26. The Kier molecular flexibility index (Phi) is 4.70. The van der Waals surface area contributed by atoms with E-state index in [1.165, 1.54) is 23.2 Å². The van der Waals surface area contributed by atoms with Gasteiger partial charge in [0.1, 0.15) is 22.8 Å².